The van der Waals surface area contributed by atoms with E-state index in [0.717, 1.165) is 43.9 Å². The number of rotatable bonds is 5. The van der Waals surface area contributed by atoms with Crippen LogP contribution in [0.4, 0.5) is 0 Å². The third-order valence-corrected chi connectivity index (χ3v) is 5.25. The van der Waals surface area contributed by atoms with Gasteiger partial charge in [0.25, 0.3) is 5.91 Å². The quantitative estimate of drug-likeness (QED) is 0.677. The van der Waals surface area contributed by atoms with Gasteiger partial charge in [-0.3, -0.25) is 14.4 Å². The van der Waals surface area contributed by atoms with Gasteiger partial charge in [0.05, 0.1) is 18.2 Å². The zero-order valence-corrected chi connectivity index (χ0v) is 16.2. The lowest BCUT2D eigenvalue weighted by Crippen LogP contribution is -2.48. The molecule has 2 aromatic carbocycles. The molecule has 0 spiro atoms. The highest BCUT2D eigenvalue weighted by molar-refractivity contribution is 5.94. The zero-order chi connectivity index (χ0) is 20.1. The molecule has 1 fully saturated rings. The third kappa shape index (κ3) is 4.71. The molecular formula is C23H23N5O. The number of aromatic nitrogens is 2. The summed E-state index contributed by atoms with van der Waals surface area (Å²) in [4.78, 5) is 17.1. The Morgan fingerprint density at radius 1 is 0.931 bits per heavy atom. The molecule has 4 rings (SSSR count). The second-order valence-electron chi connectivity index (χ2n) is 7.28. The molecule has 1 amide bonds. The standard InChI is InChI=1S/C23H23N5O/c24-16-19-2-4-20(5-3-19)17-26-12-14-27(15-13-26)23(29)22-8-6-21(7-9-22)18-28-11-1-10-25-28/h1-11H,12-15,17-18H2. The number of hydrogen-bond donors (Lipinski definition) is 0. The van der Waals surface area contributed by atoms with Gasteiger partial charge in [-0.15, -0.1) is 0 Å². The summed E-state index contributed by atoms with van der Waals surface area (Å²) in [6, 6.07) is 19.6. The molecule has 1 aliphatic rings. The second kappa shape index (κ2) is 8.72. The maximum absolute atomic E-state index is 12.8. The minimum Gasteiger partial charge on any atom is -0.336 e. The summed E-state index contributed by atoms with van der Waals surface area (Å²) in [6.45, 7) is 4.70. The van der Waals surface area contributed by atoms with E-state index in [0.29, 0.717) is 12.1 Å². The highest BCUT2D eigenvalue weighted by atomic mass is 16.2. The molecule has 3 aromatic rings. The first-order chi connectivity index (χ1) is 14.2. The van der Waals surface area contributed by atoms with Crippen LogP contribution in [0.15, 0.2) is 67.0 Å². The second-order valence-corrected chi connectivity index (χ2v) is 7.28. The van der Waals surface area contributed by atoms with Crippen LogP contribution in [0.3, 0.4) is 0 Å². The lowest BCUT2D eigenvalue weighted by Gasteiger charge is -2.34. The summed E-state index contributed by atoms with van der Waals surface area (Å²) >= 11 is 0. The molecule has 2 heterocycles. The molecule has 0 N–H and O–H groups in total. The maximum Gasteiger partial charge on any atom is 0.253 e. The molecule has 0 radical (unpaired) electrons. The van der Waals surface area contributed by atoms with E-state index in [-0.39, 0.29) is 5.91 Å². The molecule has 0 aliphatic carbocycles. The summed E-state index contributed by atoms with van der Waals surface area (Å²) in [6.07, 6.45) is 3.69. The topological polar surface area (TPSA) is 65.2 Å². The van der Waals surface area contributed by atoms with Gasteiger partial charge < -0.3 is 4.90 Å². The summed E-state index contributed by atoms with van der Waals surface area (Å²) in [5.74, 6) is 0.0914. The Labute approximate surface area is 170 Å². The van der Waals surface area contributed by atoms with E-state index in [2.05, 4.69) is 16.1 Å². The SMILES string of the molecule is N#Cc1ccc(CN2CCN(C(=O)c3ccc(Cn4cccn4)cc3)CC2)cc1. The Morgan fingerprint density at radius 3 is 2.21 bits per heavy atom. The van der Waals surface area contributed by atoms with Gasteiger partial charge in [0.15, 0.2) is 0 Å². The van der Waals surface area contributed by atoms with Crippen LogP contribution in [0.2, 0.25) is 0 Å². The fourth-order valence-corrected chi connectivity index (χ4v) is 3.57. The Morgan fingerprint density at radius 2 is 1.59 bits per heavy atom. The van der Waals surface area contributed by atoms with E-state index >= 15 is 0 Å². The van der Waals surface area contributed by atoms with Gasteiger partial charge in [0.1, 0.15) is 0 Å². The highest BCUT2D eigenvalue weighted by Gasteiger charge is 2.22. The smallest absolute Gasteiger partial charge is 0.253 e. The molecule has 146 valence electrons. The van der Waals surface area contributed by atoms with Crippen molar-refractivity contribution in [2.45, 2.75) is 13.1 Å². The van der Waals surface area contributed by atoms with Crippen molar-refractivity contribution in [3.8, 4) is 6.07 Å². The normalized spacial score (nSPS) is 14.5. The van der Waals surface area contributed by atoms with Crippen molar-refractivity contribution in [1.29, 1.82) is 5.26 Å². The molecule has 6 nitrogen and oxygen atoms in total. The average molecular weight is 385 g/mol. The first kappa shape index (κ1) is 18.9. The van der Waals surface area contributed by atoms with Crippen LogP contribution in [-0.4, -0.2) is 51.7 Å². The monoisotopic (exact) mass is 385 g/mol. The number of nitriles is 1. The first-order valence-corrected chi connectivity index (χ1v) is 9.78. The van der Waals surface area contributed by atoms with Crippen LogP contribution in [-0.2, 0) is 13.1 Å². The van der Waals surface area contributed by atoms with Gasteiger partial charge in [-0.25, -0.2) is 0 Å². The van der Waals surface area contributed by atoms with Crippen molar-refractivity contribution in [2.75, 3.05) is 26.2 Å². The van der Waals surface area contributed by atoms with Crippen LogP contribution in [0.1, 0.15) is 27.0 Å². The summed E-state index contributed by atoms with van der Waals surface area (Å²) < 4.78 is 1.86. The van der Waals surface area contributed by atoms with Gasteiger partial charge in [0, 0.05) is 50.7 Å². The number of nitrogens with zero attached hydrogens (tertiary/aromatic N) is 5. The molecule has 1 aliphatic heterocycles. The fraction of sp³-hybridized carbons (Fsp3) is 0.261. The summed E-state index contributed by atoms with van der Waals surface area (Å²) in [5, 5.41) is 13.1. The van der Waals surface area contributed by atoms with Crippen LogP contribution in [0, 0.1) is 11.3 Å². The lowest BCUT2D eigenvalue weighted by molar-refractivity contribution is 0.0628. The maximum atomic E-state index is 12.8. The van der Waals surface area contributed by atoms with Crippen LogP contribution in [0.25, 0.3) is 0 Å². The largest absolute Gasteiger partial charge is 0.336 e. The molecule has 6 heteroatoms. The predicted molar refractivity (Wildman–Crippen MR) is 110 cm³/mol. The van der Waals surface area contributed by atoms with Gasteiger partial charge in [0.2, 0.25) is 0 Å². The zero-order valence-electron chi connectivity index (χ0n) is 16.2. The number of hydrogen-bond acceptors (Lipinski definition) is 4. The van der Waals surface area contributed by atoms with E-state index < -0.39 is 0 Å². The Balaban J connectivity index is 1.29. The predicted octanol–water partition coefficient (Wildman–Crippen LogP) is 2.76. The molecule has 0 unspecified atom stereocenters. The van der Waals surface area contributed by atoms with Crippen LogP contribution < -0.4 is 0 Å². The molecule has 0 bridgehead atoms. The van der Waals surface area contributed by atoms with Crippen molar-refractivity contribution in [3.63, 3.8) is 0 Å². The molecule has 0 saturated carbocycles. The Bertz CT molecular complexity index is 979. The van der Waals surface area contributed by atoms with Crippen LogP contribution in [0.5, 0.6) is 0 Å². The number of carbonyl (C=O) groups is 1. The van der Waals surface area contributed by atoms with E-state index in [1.165, 1.54) is 5.56 Å². The fourth-order valence-electron chi connectivity index (χ4n) is 3.57. The van der Waals surface area contributed by atoms with E-state index in [1.54, 1.807) is 6.20 Å². The molecule has 1 saturated heterocycles. The van der Waals surface area contributed by atoms with E-state index in [1.807, 2.05) is 70.4 Å². The van der Waals surface area contributed by atoms with Gasteiger partial charge >= 0.3 is 0 Å². The lowest BCUT2D eigenvalue weighted by atomic mass is 10.1. The minimum atomic E-state index is 0.0914. The Hall–Kier alpha value is -3.43. The highest BCUT2D eigenvalue weighted by Crippen LogP contribution is 2.13. The van der Waals surface area contributed by atoms with Gasteiger partial charge in [-0.2, -0.15) is 10.4 Å². The number of piperazine rings is 1. The van der Waals surface area contributed by atoms with Crippen LogP contribution >= 0.6 is 0 Å². The molecule has 1 aromatic heterocycles. The molecule has 29 heavy (non-hydrogen) atoms. The minimum absolute atomic E-state index is 0.0914. The van der Waals surface area contributed by atoms with E-state index in [9.17, 15) is 4.79 Å². The van der Waals surface area contributed by atoms with Crippen molar-refractivity contribution < 1.29 is 4.79 Å². The number of carbonyl (C=O) groups excluding carboxylic acids is 1. The number of benzene rings is 2. The van der Waals surface area contributed by atoms with Gasteiger partial charge in [-0.1, -0.05) is 24.3 Å². The summed E-state index contributed by atoms with van der Waals surface area (Å²) in [5.41, 5.74) is 3.73. The average Bonchev–Trinajstić information content (AvgIpc) is 3.28. The number of amides is 1. The van der Waals surface area contributed by atoms with Crippen molar-refractivity contribution in [2.24, 2.45) is 0 Å². The van der Waals surface area contributed by atoms with E-state index in [4.69, 9.17) is 5.26 Å². The summed E-state index contributed by atoms with van der Waals surface area (Å²) in [7, 11) is 0. The third-order valence-electron chi connectivity index (χ3n) is 5.25. The van der Waals surface area contributed by atoms with Crippen molar-refractivity contribution >= 4 is 5.91 Å². The van der Waals surface area contributed by atoms with Gasteiger partial charge in [-0.05, 0) is 41.5 Å². The van der Waals surface area contributed by atoms with Crippen molar-refractivity contribution in [3.05, 3.63) is 89.2 Å². The first-order valence-electron chi connectivity index (χ1n) is 9.78. The molecular weight excluding hydrogens is 362 g/mol. The molecule has 0 atom stereocenters. The van der Waals surface area contributed by atoms with Crippen molar-refractivity contribution in [1.82, 2.24) is 19.6 Å². The Kier molecular flexibility index (Phi) is 5.68.